The Balaban J connectivity index is 1.64. The van der Waals surface area contributed by atoms with Gasteiger partial charge in [0.25, 0.3) is 5.91 Å². The van der Waals surface area contributed by atoms with E-state index in [1.165, 1.54) is 36.7 Å². The van der Waals surface area contributed by atoms with Crippen molar-refractivity contribution in [3.8, 4) is 5.69 Å². The summed E-state index contributed by atoms with van der Waals surface area (Å²) in [5.41, 5.74) is 1.08. The van der Waals surface area contributed by atoms with Gasteiger partial charge in [-0.25, -0.2) is 14.1 Å². The first-order valence-electron chi connectivity index (χ1n) is 8.90. The van der Waals surface area contributed by atoms with E-state index in [0.29, 0.717) is 28.4 Å². The summed E-state index contributed by atoms with van der Waals surface area (Å²) in [5, 5.41) is 8.01. The molecule has 4 rings (SSSR count). The second kappa shape index (κ2) is 7.56. The highest BCUT2D eigenvalue weighted by molar-refractivity contribution is 7.98. The van der Waals surface area contributed by atoms with Crippen LogP contribution in [0.1, 0.15) is 42.2 Å². The Bertz CT molecular complexity index is 943. The number of nitrogens with zero attached hydrogens (tertiary/aromatic N) is 4. The van der Waals surface area contributed by atoms with Crippen LogP contribution in [0.2, 0.25) is 0 Å². The van der Waals surface area contributed by atoms with Crippen molar-refractivity contribution in [2.24, 2.45) is 0 Å². The van der Waals surface area contributed by atoms with Crippen molar-refractivity contribution >= 4 is 23.5 Å². The monoisotopic (exact) mass is 385 g/mol. The maximum absolute atomic E-state index is 13.3. The normalized spacial score (nSPS) is 14.6. The zero-order valence-corrected chi connectivity index (χ0v) is 15.7. The predicted molar refractivity (Wildman–Crippen MR) is 103 cm³/mol. The minimum atomic E-state index is -0.323. The summed E-state index contributed by atoms with van der Waals surface area (Å²) in [6, 6.07) is 8.16. The number of carbonyl (C=O) groups excluding carboxylic acids is 1. The van der Waals surface area contributed by atoms with Crippen molar-refractivity contribution in [2.45, 2.75) is 36.9 Å². The fraction of sp³-hybridized carbons (Fsp3) is 0.316. The first-order chi connectivity index (χ1) is 13.2. The molecule has 1 aliphatic rings. The van der Waals surface area contributed by atoms with Crippen LogP contribution in [0.4, 0.5) is 10.2 Å². The lowest BCUT2D eigenvalue weighted by molar-refractivity contribution is 0.101. The summed E-state index contributed by atoms with van der Waals surface area (Å²) in [7, 11) is 0. The number of aromatic nitrogens is 4. The van der Waals surface area contributed by atoms with E-state index in [4.69, 9.17) is 0 Å². The highest BCUT2D eigenvalue weighted by atomic mass is 32.2. The van der Waals surface area contributed by atoms with Crippen LogP contribution in [0.15, 0.2) is 47.9 Å². The summed E-state index contributed by atoms with van der Waals surface area (Å²) in [6.45, 7) is 0. The molecule has 27 heavy (non-hydrogen) atoms. The smallest absolute Gasteiger partial charge is 0.275 e. The lowest BCUT2D eigenvalue weighted by Crippen LogP contribution is -2.20. The van der Waals surface area contributed by atoms with Crippen molar-refractivity contribution in [3.05, 3.63) is 54.2 Å². The molecule has 6 nitrogen and oxygen atoms in total. The van der Waals surface area contributed by atoms with E-state index < -0.39 is 0 Å². The van der Waals surface area contributed by atoms with Crippen molar-refractivity contribution in [3.63, 3.8) is 0 Å². The van der Waals surface area contributed by atoms with Gasteiger partial charge in [0.15, 0.2) is 5.16 Å². The maximum Gasteiger partial charge on any atom is 0.275 e. The number of thioether (sulfide) groups is 1. The molecular weight excluding hydrogens is 365 g/mol. The van der Waals surface area contributed by atoms with E-state index in [0.717, 1.165) is 12.8 Å². The molecule has 0 unspecified atom stereocenters. The number of benzene rings is 1. The molecule has 0 saturated heterocycles. The summed E-state index contributed by atoms with van der Waals surface area (Å²) in [4.78, 5) is 17.3. The maximum atomic E-state index is 13.3. The minimum absolute atomic E-state index is 0.271. The van der Waals surface area contributed by atoms with E-state index >= 15 is 0 Å². The van der Waals surface area contributed by atoms with Gasteiger partial charge in [-0.15, -0.1) is 0 Å². The van der Waals surface area contributed by atoms with Crippen LogP contribution in [0.3, 0.4) is 0 Å². The number of halogens is 1. The highest BCUT2D eigenvalue weighted by Crippen LogP contribution is 2.31. The van der Waals surface area contributed by atoms with Crippen LogP contribution in [0.25, 0.3) is 5.69 Å². The van der Waals surface area contributed by atoms with Gasteiger partial charge in [-0.05, 0) is 43.4 Å². The van der Waals surface area contributed by atoms with Crippen LogP contribution in [0.5, 0.6) is 0 Å². The van der Waals surface area contributed by atoms with E-state index in [-0.39, 0.29) is 11.7 Å². The van der Waals surface area contributed by atoms with Gasteiger partial charge in [-0.1, -0.05) is 24.6 Å². The molecule has 0 bridgehead atoms. The second-order valence-corrected chi connectivity index (χ2v) is 7.27. The van der Waals surface area contributed by atoms with E-state index in [1.807, 2.05) is 17.0 Å². The average Bonchev–Trinajstić information content (AvgIpc) is 3.42. The van der Waals surface area contributed by atoms with E-state index in [9.17, 15) is 9.18 Å². The lowest BCUT2D eigenvalue weighted by Gasteiger charge is -2.15. The van der Waals surface area contributed by atoms with Crippen LogP contribution in [-0.4, -0.2) is 31.5 Å². The molecule has 1 aromatic carbocycles. The van der Waals surface area contributed by atoms with Gasteiger partial charge >= 0.3 is 0 Å². The zero-order chi connectivity index (χ0) is 18.8. The molecular formula is C19H20FN5OS. The Morgan fingerprint density at radius 1 is 1.22 bits per heavy atom. The number of rotatable bonds is 5. The fourth-order valence-electron chi connectivity index (χ4n) is 3.51. The topological polar surface area (TPSA) is 64.7 Å². The Hall–Kier alpha value is -2.61. The molecule has 0 spiro atoms. The molecule has 0 radical (unpaired) electrons. The van der Waals surface area contributed by atoms with E-state index in [2.05, 4.69) is 15.4 Å². The Labute approximate surface area is 160 Å². The number of anilines is 1. The summed E-state index contributed by atoms with van der Waals surface area (Å²) >= 11 is 1.42. The Morgan fingerprint density at radius 3 is 2.67 bits per heavy atom. The van der Waals surface area contributed by atoms with Crippen LogP contribution >= 0.6 is 11.8 Å². The number of hydrogen-bond acceptors (Lipinski definition) is 4. The molecule has 140 valence electrons. The molecule has 3 aromatic rings. The number of nitrogens with one attached hydrogen (secondary N) is 1. The van der Waals surface area contributed by atoms with Gasteiger partial charge in [0.05, 0.1) is 18.4 Å². The fourth-order valence-corrected chi connectivity index (χ4v) is 4.06. The number of imidazole rings is 1. The van der Waals surface area contributed by atoms with Gasteiger partial charge in [-0.3, -0.25) is 9.36 Å². The average molecular weight is 385 g/mol. The quantitative estimate of drug-likeness (QED) is 0.665. The van der Waals surface area contributed by atoms with Gasteiger partial charge in [0.2, 0.25) is 0 Å². The summed E-state index contributed by atoms with van der Waals surface area (Å²) in [6.07, 6.45) is 9.67. The molecule has 8 heteroatoms. The van der Waals surface area contributed by atoms with Crippen LogP contribution < -0.4 is 5.32 Å². The standard InChI is InChI=1S/C19H20FN5OS/c1-27-19-21-12-16(24(19)14-8-6-13(20)7-9-14)18(26)23-17-10-11-22-25(17)15-4-2-3-5-15/h6-12,15H,2-5H2,1H3,(H,23,26). The van der Waals surface area contributed by atoms with E-state index in [1.54, 1.807) is 29.1 Å². The first kappa shape index (κ1) is 17.8. The minimum Gasteiger partial charge on any atom is -0.305 e. The van der Waals surface area contributed by atoms with Crippen LogP contribution in [-0.2, 0) is 0 Å². The molecule has 1 fully saturated rings. The SMILES string of the molecule is CSc1ncc(C(=O)Nc2ccnn2C2CCCC2)n1-c1ccc(F)cc1. The third-order valence-electron chi connectivity index (χ3n) is 4.81. The van der Waals surface area contributed by atoms with Crippen molar-refractivity contribution in [2.75, 3.05) is 11.6 Å². The lowest BCUT2D eigenvalue weighted by atomic mass is 10.2. The zero-order valence-electron chi connectivity index (χ0n) is 14.9. The van der Waals surface area contributed by atoms with Crippen LogP contribution in [0, 0.1) is 5.82 Å². The largest absolute Gasteiger partial charge is 0.305 e. The molecule has 1 N–H and O–H groups in total. The molecule has 1 aliphatic carbocycles. The second-order valence-electron chi connectivity index (χ2n) is 6.50. The molecule has 0 atom stereocenters. The number of amides is 1. The molecule has 1 saturated carbocycles. The van der Waals surface area contributed by atoms with Gasteiger partial charge < -0.3 is 5.32 Å². The summed E-state index contributed by atoms with van der Waals surface area (Å²) in [5.74, 6) is 0.0902. The van der Waals surface area contributed by atoms with Crippen molar-refractivity contribution in [1.82, 2.24) is 19.3 Å². The van der Waals surface area contributed by atoms with Gasteiger partial charge in [0.1, 0.15) is 17.3 Å². The Kier molecular flexibility index (Phi) is 4.98. The molecule has 2 aromatic heterocycles. The molecule has 0 aliphatic heterocycles. The predicted octanol–water partition coefficient (Wildman–Crippen LogP) is 4.30. The third-order valence-corrected chi connectivity index (χ3v) is 5.47. The first-order valence-corrected chi connectivity index (χ1v) is 10.1. The Morgan fingerprint density at radius 2 is 1.96 bits per heavy atom. The number of carbonyl (C=O) groups is 1. The molecule has 2 heterocycles. The van der Waals surface area contributed by atoms with Crippen molar-refractivity contribution in [1.29, 1.82) is 0 Å². The third kappa shape index (κ3) is 3.49. The highest BCUT2D eigenvalue weighted by Gasteiger charge is 2.23. The van der Waals surface area contributed by atoms with Gasteiger partial charge in [0, 0.05) is 11.8 Å². The summed E-state index contributed by atoms with van der Waals surface area (Å²) < 4.78 is 16.9. The van der Waals surface area contributed by atoms with Crippen molar-refractivity contribution < 1.29 is 9.18 Å². The number of hydrogen-bond donors (Lipinski definition) is 1. The van der Waals surface area contributed by atoms with Gasteiger partial charge in [-0.2, -0.15) is 5.10 Å². The molecule has 1 amide bonds.